The van der Waals surface area contributed by atoms with Crippen LogP contribution < -0.4 is 15.4 Å². The molecule has 34 heavy (non-hydrogen) atoms. The van der Waals surface area contributed by atoms with Gasteiger partial charge < -0.3 is 19.9 Å². The lowest BCUT2D eigenvalue weighted by atomic mass is 9.88. The van der Waals surface area contributed by atoms with Gasteiger partial charge in [0, 0.05) is 15.9 Å². The van der Waals surface area contributed by atoms with E-state index >= 15 is 0 Å². The molecule has 1 aliphatic rings. The summed E-state index contributed by atoms with van der Waals surface area (Å²) < 4.78 is 26.5. The number of halogens is 1. The number of pyridine rings is 1. The number of aromatic nitrogens is 1. The highest BCUT2D eigenvalue weighted by Crippen LogP contribution is 2.37. The van der Waals surface area contributed by atoms with Crippen molar-refractivity contribution in [1.29, 1.82) is 0 Å². The molecule has 0 aliphatic carbocycles. The number of nitrogens with one attached hydrogen (secondary N) is 2. The van der Waals surface area contributed by atoms with Crippen molar-refractivity contribution >= 4 is 35.0 Å². The Labute approximate surface area is 204 Å². The lowest BCUT2D eigenvalue weighted by molar-refractivity contribution is 0.00578. The standard InChI is InChI=1S/C25H29BFN3O3S/c1-16(17-8-10-18(27)11-9-17)30-23(31)20-7-6-14-28-22(20)29-15-19-12-13-21(34-19)26-32-24(2,3)25(4,5)33-26/h6-14,16H,15H2,1-5H3,(H,28,29)(H,30,31)/t16-/m0/s1. The average molecular weight is 481 g/mol. The van der Waals surface area contributed by atoms with E-state index in [0.29, 0.717) is 17.9 Å². The van der Waals surface area contributed by atoms with Crippen molar-refractivity contribution < 1.29 is 18.5 Å². The van der Waals surface area contributed by atoms with Crippen molar-refractivity contribution in [2.24, 2.45) is 0 Å². The maximum atomic E-state index is 13.2. The van der Waals surface area contributed by atoms with Crippen LogP contribution in [0.4, 0.5) is 10.2 Å². The minimum atomic E-state index is -0.395. The topological polar surface area (TPSA) is 72.5 Å². The largest absolute Gasteiger partial charge is 0.505 e. The molecule has 4 rings (SSSR count). The third-order valence-electron chi connectivity index (χ3n) is 6.37. The van der Waals surface area contributed by atoms with Crippen LogP contribution in [0.25, 0.3) is 0 Å². The molecule has 1 aliphatic heterocycles. The lowest BCUT2D eigenvalue weighted by Gasteiger charge is -2.32. The maximum Gasteiger partial charge on any atom is 0.505 e. The number of carbonyl (C=O) groups is 1. The minimum Gasteiger partial charge on any atom is -0.399 e. The molecule has 0 unspecified atom stereocenters. The first-order valence-electron chi connectivity index (χ1n) is 11.3. The molecular formula is C25H29BFN3O3S. The number of hydrogen-bond donors (Lipinski definition) is 2. The Balaban J connectivity index is 1.40. The first kappa shape index (κ1) is 24.4. The number of thiophene rings is 1. The summed E-state index contributed by atoms with van der Waals surface area (Å²) in [5, 5.41) is 6.23. The van der Waals surface area contributed by atoms with Crippen LogP contribution in [0, 0.1) is 5.82 Å². The predicted octanol–water partition coefficient (Wildman–Crippen LogP) is 4.68. The molecule has 1 saturated heterocycles. The molecule has 6 nitrogen and oxygen atoms in total. The number of nitrogens with zero attached hydrogens (tertiary/aromatic N) is 1. The molecule has 1 aromatic carbocycles. The minimum absolute atomic E-state index is 0.253. The zero-order valence-electron chi connectivity index (χ0n) is 20.0. The van der Waals surface area contributed by atoms with Crippen LogP contribution in [0.1, 0.15) is 61.5 Å². The molecule has 0 saturated carbocycles. The van der Waals surface area contributed by atoms with Gasteiger partial charge in [0.25, 0.3) is 5.91 Å². The van der Waals surface area contributed by atoms with Crippen LogP contribution in [0.2, 0.25) is 0 Å². The molecule has 0 bridgehead atoms. The van der Waals surface area contributed by atoms with Crippen LogP contribution in [0.15, 0.2) is 54.7 Å². The molecule has 0 radical (unpaired) electrons. The Hall–Kier alpha value is -2.75. The van der Waals surface area contributed by atoms with Gasteiger partial charge in [-0.25, -0.2) is 9.37 Å². The Morgan fingerprint density at radius 3 is 2.44 bits per heavy atom. The Morgan fingerprint density at radius 2 is 1.76 bits per heavy atom. The molecule has 1 atom stereocenters. The van der Waals surface area contributed by atoms with E-state index in [9.17, 15) is 9.18 Å². The molecular weight excluding hydrogens is 452 g/mol. The van der Waals surface area contributed by atoms with Crippen LogP contribution >= 0.6 is 11.3 Å². The molecule has 2 N–H and O–H groups in total. The number of anilines is 1. The van der Waals surface area contributed by atoms with Gasteiger partial charge in [-0.15, -0.1) is 11.3 Å². The van der Waals surface area contributed by atoms with Gasteiger partial charge in [-0.1, -0.05) is 18.2 Å². The number of rotatable bonds is 7. The monoisotopic (exact) mass is 481 g/mol. The summed E-state index contributed by atoms with van der Waals surface area (Å²) in [6, 6.07) is 13.3. The van der Waals surface area contributed by atoms with Crippen LogP contribution in [0.5, 0.6) is 0 Å². The van der Waals surface area contributed by atoms with Crippen molar-refractivity contribution in [3.8, 4) is 0 Å². The highest BCUT2D eigenvalue weighted by atomic mass is 32.1. The van der Waals surface area contributed by atoms with Gasteiger partial charge in [0.1, 0.15) is 11.6 Å². The number of carbonyl (C=O) groups excluding carboxylic acids is 1. The summed E-state index contributed by atoms with van der Waals surface area (Å²) in [6.45, 7) is 10.5. The highest BCUT2D eigenvalue weighted by molar-refractivity contribution is 7.22. The van der Waals surface area contributed by atoms with Gasteiger partial charge in [0.2, 0.25) is 0 Å². The number of amides is 1. The second kappa shape index (κ2) is 9.48. The Kier molecular flexibility index (Phi) is 6.80. The summed E-state index contributed by atoms with van der Waals surface area (Å²) in [5.74, 6) is -0.0651. The van der Waals surface area contributed by atoms with Crippen LogP contribution in [-0.4, -0.2) is 29.2 Å². The van der Waals surface area contributed by atoms with Crippen LogP contribution in [0.3, 0.4) is 0 Å². The summed E-state index contributed by atoms with van der Waals surface area (Å²) >= 11 is 1.60. The zero-order chi connectivity index (χ0) is 24.5. The molecule has 3 aromatic rings. The van der Waals surface area contributed by atoms with E-state index in [1.807, 2.05) is 46.8 Å². The van der Waals surface area contributed by atoms with E-state index in [4.69, 9.17) is 9.31 Å². The lowest BCUT2D eigenvalue weighted by Crippen LogP contribution is -2.41. The summed E-state index contributed by atoms with van der Waals surface area (Å²) in [7, 11) is -0.395. The van der Waals surface area contributed by atoms with Crippen molar-refractivity contribution in [3.05, 3.63) is 76.5 Å². The van der Waals surface area contributed by atoms with E-state index in [2.05, 4.69) is 15.6 Å². The SMILES string of the molecule is C[C@H](NC(=O)c1cccnc1NCc1ccc(B2OC(C)(C)C(C)(C)O2)s1)c1ccc(F)cc1. The van der Waals surface area contributed by atoms with Gasteiger partial charge in [-0.05, 0) is 70.5 Å². The fourth-order valence-corrected chi connectivity index (χ4v) is 4.50. The van der Waals surface area contributed by atoms with Crippen molar-refractivity contribution in [1.82, 2.24) is 10.3 Å². The van der Waals surface area contributed by atoms with Crippen LogP contribution in [-0.2, 0) is 15.9 Å². The third-order valence-corrected chi connectivity index (χ3v) is 7.47. The van der Waals surface area contributed by atoms with E-state index in [-0.39, 0.29) is 29.0 Å². The van der Waals surface area contributed by atoms with Gasteiger partial charge in [0.15, 0.2) is 0 Å². The quantitative estimate of drug-likeness (QED) is 0.480. The number of benzene rings is 1. The Bertz CT molecular complexity index is 1150. The first-order chi connectivity index (χ1) is 16.1. The second-order valence-corrected chi connectivity index (χ2v) is 10.6. The summed E-state index contributed by atoms with van der Waals surface area (Å²) in [4.78, 5) is 18.4. The molecule has 3 heterocycles. The fourth-order valence-electron chi connectivity index (χ4n) is 3.58. The van der Waals surface area contributed by atoms with Crippen molar-refractivity contribution in [2.45, 2.75) is 58.4 Å². The van der Waals surface area contributed by atoms with Crippen molar-refractivity contribution in [2.75, 3.05) is 5.32 Å². The molecule has 178 valence electrons. The summed E-state index contributed by atoms with van der Waals surface area (Å²) in [6.07, 6.45) is 1.65. The smallest absolute Gasteiger partial charge is 0.399 e. The Morgan fingerprint density at radius 1 is 1.09 bits per heavy atom. The highest BCUT2D eigenvalue weighted by Gasteiger charge is 2.52. The van der Waals surface area contributed by atoms with Crippen molar-refractivity contribution in [3.63, 3.8) is 0 Å². The average Bonchev–Trinajstić information content (AvgIpc) is 3.34. The predicted molar refractivity (Wildman–Crippen MR) is 134 cm³/mol. The van der Waals surface area contributed by atoms with Gasteiger partial charge in [-0.2, -0.15) is 0 Å². The number of hydrogen-bond acceptors (Lipinski definition) is 6. The molecule has 1 fully saturated rings. The van der Waals surface area contributed by atoms with Gasteiger partial charge in [0.05, 0.1) is 29.4 Å². The van der Waals surface area contributed by atoms with Gasteiger partial charge >= 0.3 is 7.12 Å². The van der Waals surface area contributed by atoms with E-state index in [1.165, 1.54) is 12.1 Å². The zero-order valence-corrected chi connectivity index (χ0v) is 20.8. The van der Waals surface area contributed by atoms with E-state index in [1.54, 1.807) is 41.8 Å². The maximum absolute atomic E-state index is 13.2. The normalized spacial score (nSPS) is 17.4. The molecule has 0 spiro atoms. The molecule has 2 aromatic heterocycles. The molecule has 1 amide bonds. The molecule has 9 heteroatoms. The fraction of sp³-hybridized carbons (Fsp3) is 0.360. The first-order valence-corrected chi connectivity index (χ1v) is 12.1. The van der Waals surface area contributed by atoms with Gasteiger partial charge in [-0.3, -0.25) is 4.79 Å². The third kappa shape index (κ3) is 5.16. The summed E-state index contributed by atoms with van der Waals surface area (Å²) in [5.41, 5.74) is 0.490. The van der Waals surface area contributed by atoms with E-state index in [0.717, 1.165) is 15.2 Å². The second-order valence-electron chi connectivity index (χ2n) is 9.39. The van der Waals surface area contributed by atoms with E-state index < -0.39 is 7.12 Å².